The normalized spacial score (nSPS) is 11.1. The summed E-state index contributed by atoms with van der Waals surface area (Å²) in [5.41, 5.74) is 2.80. The number of hydrogen-bond acceptors (Lipinski definition) is 2. The van der Waals surface area contributed by atoms with Gasteiger partial charge in [-0.2, -0.15) is 0 Å². The van der Waals surface area contributed by atoms with Crippen LogP contribution in [0.5, 0.6) is 0 Å². The molecule has 6 heteroatoms. The van der Waals surface area contributed by atoms with Gasteiger partial charge in [-0.1, -0.05) is 41.9 Å². The van der Waals surface area contributed by atoms with Crippen molar-refractivity contribution >= 4 is 23.5 Å². The van der Waals surface area contributed by atoms with Crippen molar-refractivity contribution in [1.82, 2.24) is 16.0 Å². The summed E-state index contributed by atoms with van der Waals surface area (Å²) in [6, 6.07) is 15.3. The summed E-state index contributed by atoms with van der Waals surface area (Å²) in [6.45, 7) is 4.09. The van der Waals surface area contributed by atoms with Gasteiger partial charge in [0.25, 0.3) is 5.91 Å². The Bertz CT molecular complexity index is 744. The summed E-state index contributed by atoms with van der Waals surface area (Å²) >= 11 is 6.19. The van der Waals surface area contributed by atoms with E-state index in [1.165, 1.54) is 0 Å². The fourth-order valence-corrected chi connectivity index (χ4v) is 2.66. The van der Waals surface area contributed by atoms with Crippen molar-refractivity contribution in [1.29, 1.82) is 0 Å². The Balaban J connectivity index is 1.91. The molecule has 0 radical (unpaired) electrons. The number of aliphatic imine (C=N–C) groups is 1. The minimum absolute atomic E-state index is 0.0883. The Morgan fingerprint density at radius 1 is 1.08 bits per heavy atom. The molecule has 0 fully saturated rings. The van der Waals surface area contributed by atoms with Gasteiger partial charge in [0, 0.05) is 30.7 Å². The van der Waals surface area contributed by atoms with Gasteiger partial charge in [0.1, 0.15) is 0 Å². The summed E-state index contributed by atoms with van der Waals surface area (Å²) in [5.74, 6) is 0.671. The van der Waals surface area contributed by atoms with Crippen LogP contribution in [-0.4, -0.2) is 32.0 Å². The van der Waals surface area contributed by atoms with Crippen molar-refractivity contribution in [3.8, 4) is 0 Å². The number of benzene rings is 2. The molecule has 0 spiro atoms. The Labute approximate surface area is 159 Å². The zero-order valence-corrected chi connectivity index (χ0v) is 15.9. The highest BCUT2D eigenvalue weighted by atomic mass is 35.5. The lowest BCUT2D eigenvalue weighted by molar-refractivity contribution is 0.0963. The third-order valence-electron chi connectivity index (χ3n) is 3.85. The fraction of sp³-hybridized carbons (Fsp3) is 0.300. The summed E-state index contributed by atoms with van der Waals surface area (Å²) in [4.78, 5) is 16.2. The maximum absolute atomic E-state index is 11.6. The lowest BCUT2D eigenvalue weighted by Gasteiger charge is -2.12. The zero-order valence-electron chi connectivity index (χ0n) is 15.2. The van der Waals surface area contributed by atoms with E-state index in [0.717, 1.165) is 41.6 Å². The molecule has 0 aliphatic heterocycles. The number of nitrogens with zero attached hydrogens (tertiary/aromatic N) is 1. The summed E-state index contributed by atoms with van der Waals surface area (Å²) in [5, 5.41) is 9.95. The Hall–Kier alpha value is -2.53. The second kappa shape index (κ2) is 10.5. The molecule has 0 heterocycles. The molecule has 0 bridgehead atoms. The first kappa shape index (κ1) is 19.8. The Morgan fingerprint density at radius 3 is 2.46 bits per heavy atom. The fourth-order valence-electron chi connectivity index (χ4n) is 2.43. The van der Waals surface area contributed by atoms with Crippen molar-refractivity contribution < 1.29 is 4.79 Å². The molecule has 2 rings (SSSR count). The lowest BCUT2D eigenvalue weighted by atomic mass is 10.1. The first-order valence-electron chi connectivity index (χ1n) is 8.70. The van der Waals surface area contributed by atoms with Crippen molar-refractivity contribution in [2.24, 2.45) is 4.99 Å². The molecule has 3 N–H and O–H groups in total. The third kappa shape index (κ3) is 6.08. The van der Waals surface area contributed by atoms with E-state index in [0.29, 0.717) is 12.1 Å². The number of carbonyl (C=O) groups excluding carboxylic acids is 1. The van der Waals surface area contributed by atoms with Gasteiger partial charge < -0.3 is 16.0 Å². The first-order chi connectivity index (χ1) is 12.6. The van der Waals surface area contributed by atoms with Crippen LogP contribution in [0.3, 0.4) is 0 Å². The van der Waals surface area contributed by atoms with E-state index in [2.05, 4.69) is 20.9 Å². The molecule has 0 aliphatic rings. The molecule has 0 atom stereocenters. The average Bonchev–Trinajstić information content (AvgIpc) is 2.67. The molecule has 2 aromatic carbocycles. The van der Waals surface area contributed by atoms with Gasteiger partial charge in [0.05, 0.1) is 6.54 Å². The number of amides is 1. The van der Waals surface area contributed by atoms with Crippen LogP contribution in [0.2, 0.25) is 5.02 Å². The van der Waals surface area contributed by atoms with Crippen LogP contribution in [0, 0.1) is 0 Å². The molecular weight excluding hydrogens is 348 g/mol. The smallest absolute Gasteiger partial charge is 0.251 e. The van der Waals surface area contributed by atoms with Crippen molar-refractivity contribution in [2.45, 2.75) is 19.9 Å². The van der Waals surface area contributed by atoms with Crippen LogP contribution >= 0.6 is 11.6 Å². The van der Waals surface area contributed by atoms with Gasteiger partial charge in [0.15, 0.2) is 5.96 Å². The largest absolute Gasteiger partial charge is 0.357 e. The maximum Gasteiger partial charge on any atom is 0.251 e. The van der Waals surface area contributed by atoms with Crippen LogP contribution in [0.1, 0.15) is 28.4 Å². The minimum Gasteiger partial charge on any atom is -0.357 e. The zero-order chi connectivity index (χ0) is 18.8. The topological polar surface area (TPSA) is 65.5 Å². The van der Waals surface area contributed by atoms with E-state index < -0.39 is 0 Å². The van der Waals surface area contributed by atoms with E-state index in [4.69, 9.17) is 11.6 Å². The minimum atomic E-state index is -0.0883. The number of nitrogens with one attached hydrogen (secondary N) is 3. The highest BCUT2D eigenvalue weighted by Gasteiger charge is 2.03. The highest BCUT2D eigenvalue weighted by molar-refractivity contribution is 6.31. The van der Waals surface area contributed by atoms with E-state index >= 15 is 0 Å². The van der Waals surface area contributed by atoms with Gasteiger partial charge in [-0.15, -0.1) is 0 Å². The van der Waals surface area contributed by atoms with Crippen LogP contribution in [-0.2, 0) is 13.0 Å². The van der Waals surface area contributed by atoms with Gasteiger partial charge in [-0.05, 0) is 42.7 Å². The van der Waals surface area contributed by atoms with Crippen molar-refractivity contribution in [3.05, 3.63) is 70.2 Å². The third-order valence-corrected chi connectivity index (χ3v) is 4.22. The standard InChI is InChI=1S/C20H25ClN4O/c1-3-23-20(24-13-12-16-6-4-5-7-18(16)21)25-14-15-8-10-17(11-9-15)19(26)22-2/h4-11H,3,12-14H2,1-2H3,(H,22,26)(H2,23,24,25). The molecule has 138 valence electrons. The number of guanidine groups is 1. The Morgan fingerprint density at radius 2 is 1.81 bits per heavy atom. The van der Waals surface area contributed by atoms with Gasteiger partial charge in [0.2, 0.25) is 0 Å². The second-order valence-electron chi connectivity index (χ2n) is 5.74. The van der Waals surface area contributed by atoms with Crippen LogP contribution in [0.4, 0.5) is 0 Å². The number of halogens is 1. The predicted octanol–water partition coefficient (Wildman–Crippen LogP) is 3.00. The predicted molar refractivity (Wildman–Crippen MR) is 108 cm³/mol. The molecular formula is C20H25ClN4O. The number of carbonyl (C=O) groups is 1. The van der Waals surface area contributed by atoms with Crippen LogP contribution in [0.25, 0.3) is 0 Å². The van der Waals surface area contributed by atoms with Gasteiger partial charge >= 0.3 is 0 Å². The monoisotopic (exact) mass is 372 g/mol. The van der Waals surface area contributed by atoms with Crippen molar-refractivity contribution in [3.63, 3.8) is 0 Å². The van der Waals surface area contributed by atoms with Crippen LogP contribution < -0.4 is 16.0 Å². The molecule has 26 heavy (non-hydrogen) atoms. The van der Waals surface area contributed by atoms with Crippen LogP contribution in [0.15, 0.2) is 53.5 Å². The molecule has 0 saturated heterocycles. The average molecular weight is 373 g/mol. The summed E-state index contributed by atoms with van der Waals surface area (Å²) in [6.07, 6.45) is 0.824. The first-order valence-corrected chi connectivity index (χ1v) is 9.08. The van der Waals surface area contributed by atoms with Gasteiger partial charge in [-0.25, -0.2) is 4.99 Å². The molecule has 2 aromatic rings. The second-order valence-corrected chi connectivity index (χ2v) is 6.15. The van der Waals surface area contributed by atoms with E-state index in [-0.39, 0.29) is 5.91 Å². The van der Waals surface area contributed by atoms with E-state index in [1.54, 1.807) is 19.2 Å². The summed E-state index contributed by atoms with van der Waals surface area (Å²) in [7, 11) is 1.62. The highest BCUT2D eigenvalue weighted by Crippen LogP contribution is 2.14. The van der Waals surface area contributed by atoms with E-state index in [1.807, 2.05) is 43.3 Å². The molecule has 1 amide bonds. The quantitative estimate of drug-likeness (QED) is 0.517. The molecule has 0 aliphatic carbocycles. The molecule has 0 saturated carbocycles. The molecule has 5 nitrogen and oxygen atoms in total. The molecule has 0 unspecified atom stereocenters. The van der Waals surface area contributed by atoms with Gasteiger partial charge in [-0.3, -0.25) is 4.79 Å². The SMILES string of the molecule is CCNC(=NCc1ccc(C(=O)NC)cc1)NCCc1ccccc1Cl. The number of rotatable bonds is 7. The number of hydrogen-bond donors (Lipinski definition) is 3. The maximum atomic E-state index is 11.6. The summed E-state index contributed by atoms with van der Waals surface area (Å²) < 4.78 is 0. The molecule has 0 aromatic heterocycles. The Kier molecular flexibility index (Phi) is 7.96. The van der Waals surface area contributed by atoms with E-state index in [9.17, 15) is 4.79 Å². The van der Waals surface area contributed by atoms with Crippen molar-refractivity contribution in [2.75, 3.05) is 20.1 Å². The lowest BCUT2D eigenvalue weighted by Crippen LogP contribution is -2.38.